The van der Waals surface area contributed by atoms with E-state index in [2.05, 4.69) is 6.92 Å². The second kappa shape index (κ2) is 8.09. The summed E-state index contributed by atoms with van der Waals surface area (Å²) in [6.07, 6.45) is 5.61. The van der Waals surface area contributed by atoms with Crippen molar-refractivity contribution in [3.8, 4) is 0 Å². The van der Waals surface area contributed by atoms with Gasteiger partial charge in [0.15, 0.2) is 0 Å². The maximum atomic E-state index is 11.4. The first-order chi connectivity index (χ1) is 9.82. The predicted octanol–water partition coefficient (Wildman–Crippen LogP) is 4.54. The van der Waals surface area contributed by atoms with Crippen molar-refractivity contribution in [3.05, 3.63) is 35.4 Å². The summed E-state index contributed by atoms with van der Waals surface area (Å²) in [6, 6.07) is 7.73. The molecule has 1 rings (SSSR count). The van der Waals surface area contributed by atoms with Crippen molar-refractivity contribution in [1.29, 1.82) is 0 Å². The molecule has 1 aromatic rings. The Balaban J connectivity index is 3.02. The highest BCUT2D eigenvalue weighted by molar-refractivity contribution is 7.46. The van der Waals surface area contributed by atoms with Gasteiger partial charge in [-0.1, -0.05) is 63.8 Å². The zero-order valence-corrected chi connectivity index (χ0v) is 14.1. The van der Waals surface area contributed by atoms with E-state index in [0.29, 0.717) is 6.42 Å². The van der Waals surface area contributed by atoms with Crippen LogP contribution in [0.2, 0.25) is 0 Å². The summed E-state index contributed by atoms with van der Waals surface area (Å²) in [6.45, 7) is 5.96. The van der Waals surface area contributed by atoms with E-state index in [9.17, 15) is 14.4 Å². The van der Waals surface area contributed by atoms with Gasteiger partial charge in [0.2, 0.25) is 0 Å². The molecule has 0 aromatic heterocycles. The highest BCUT2D eigenvalue weighted by atomic mass is 31.2. The number of unbranched alkanes of at least 4 members (excludes halogenated alkanes) is 3. The van der Waals surface area contributed by atoms with E-state index in [1.54, 1.807) is 6.92 Å². The Bertz CT molecular complexity index is 483. The lowest BCUT2D eigenvalue weighted by Gasteiger charge is -2.32. The summed E-state index contributed by atoms with van der Waals surface area (Å²) in [5.41, 5.74) is 1.01. The van der Waals surface area contributed by atoms with Crippen LogP contribution in [0, 0.1) is 0 Å². The molecule has 0 aliphatic heterocycles. The monoisotopic (exact) mass is 314 g/mol. The Morgan fingerprint density at radius 2 is 1.81 bits per heavy atom. The smallest absolute Gasteiger partial charge is 0.303 e. The molecule has 5 heteroatoms. The Kier molecular flexibility index (Phi) is 7.08. The fourth-order valence-corrected chi connectivity index (χ4v) is 3.44. The molecule has 4 nitrogen and oxygen atoms in total. The predicted molar refractivity (Wildman–Crippen MR) is 85.1 cm³/mol. The van der Waals surface area contributed by atoms with E-state index < -0.39 is 13.4 Å². The molecule has 21 heavy (non-hydrogen) atoms. The fourth-order valence-electron chi connectivity index (χ4n) is 2.73. The molecule has 0 saturated heterocycles. The largest absolute Gasteiger partial charge is 0.470 e. The van der Waals surface area contributed by atoms with E-state index >= 15 is 0 Å². The van der Waals surface area contributed by atoms with Crippen LogP contribution in [0.3, 0.4) is 0 Å². The van der Waals surface area contributed by atoms with Gasteiger partial charge in [-0.15, -0.1) is 0 Å². The van der Waals surface area contributed by atoms with Crippen molar-refractivity contribution < 1.29 is 18.9 Å². The average Bonchev–Trinajstić information content (AvgIpc) is 2.42. The Hall–Kier alpha value is -0.670. The summed E-state index contributed by atoms with van der Waals surface area (Å²) in [7, 11) is -4.54. The van der Waals surface area contributed by atoms with Crippen LogP contribution in [-0.4, -0.2) is 9.79 Å². The van der Waals surface area contributed by atoms with Crippen molar-refractivity contribution in [2.24, 2.45) is 0 Å². The standard InChI is InChI=1S/C16H27O4P/c1-4-6-7-10-13-16(3,20-21(17,18)19)15-12-9-8-11-14(15)5-2/h8-9,11-12H,4-7,10,13H2,1-3H3,(H2,17,18,19). The zero-order valence-electron chi connectivity index (χ0n) is 13.2. The van der Waals surface area contributed by atoms with Gasteiger partial charge in [0.1, 0.15) is 5.60 Å². The molecule has 0 aliphatic rings. The minimum absolute atomic E-state index is 0.606. The normalized spacial score (nSPS) is 14.9. The number of phosphoric acid groups is 1. The minimum Gasteiger partial charge on any atom is -0.303 e. The van der Waals surface area contributed by atoms with Crippen LogP contribution in [0.4, 0.5) is 0 Å². The Morgan fingerprint density at radius 3 is 2.38 bits per heavy atom. The maximum absolute atomic E-state index is 11.4. The van der Waals surface area contributed by atoms with Gasteiger partial charge < -0.3 is 9.79 Å². The molecule has 0 spiro atoms. The average molecular weight is 314 g/mol. The molecule has 0 radical (unpaired) electrons. The molecule has 0 aliphatic carbocycles. The third-order valence-electron chi connectivity index (χ3n) is 3.80. The number of aryl methyl sites for hydroxylation is 1. The van der Waals surface area contributed by atoms with Gasteiger partial charge in [0.05, 0.1) is 0 Å². The van der Waals surface area contributed by atoms with Gasteiger partial charge >= 0.3 is 7.82 Å². The molecule has 1 unspecified atom stereocenters. The fraction of sp³-hybridized carbons (Fsp3) is 0.625. The summed E-state index contributed by atoms with van der Waals surface area (Å²) in [4.78, 5) is 18.5. The van der Waals surface area contributed by atoms with Gasteiger partial charge in [-0.25, -0.2) is 4.57 Å². The van der Waals surface area contributed by atoms with Gasteiger partial charge in [-0.2, -0.15) is 0 Å². The number of phosphoric ester groups is 1. The summed E-state index contributed by atoms with van der Waals surface area (Å²) in [5, 5.41) is 0. The second-order valence-electron chi connectivity index (χ2n) is 5.63. The lowest BCUT2D eigenvalue weighted by Crippen LogP contribution is -2.26. The summed E-state index contributed by atoms with van der Waals surface area (Å²) >= 11 is 0. The van der Waals surface area contributed by atoms with Gasteiger partial charge in [-0.05, 0) is 30.9 Å². The molecular weight excluding hydrogens is 287 g/mol. The summed E-state index contributed by atoms with van der Waals surface area (Å²) in [5.74, 6) is 0. The SMILES string of the molecule is CCCCCCC(C)(OP(=O)(O)O)c1ccccc1CC. The number of benzene rings is 1. The molecule has 0 saturated carbocycles. The molecule has 0 bridgehead atoms. The molecule has 0 amide bonds. The van der Waals surface area contributed by atoms with Gasteiger partial charge in [-0.3, -0.25) is 4.52 Å². The maximum Gasteiger partial charge on any atom is 0.470 e. The van der Waals surface area contributed by atoms with E-state index in [0.717, 1.165) is 43.2 Å². The third-order valence-corrected chi connectivity index (χ3v) is 4.44. The van der Waals surface area contributed by atoms with Gasteiger partial charge in [0, 0.05) is 0 Å². The van der Waals surface area contributed by atoms with E-state index in [1.165, 1.54) is 0 Å². The molecule has 120 valence electrons. The molecule has 0 heterocycles. The highest BCUT2D eigenvalue weighted by Crippen LogP contribution is 2.48. The van der Waals surface area contributed by atoms with Crippen LogP contribution in [0.15, 0.2) is 24.3 Å². The number of hydrogen-bond donors (Lipinski definition) is 2. The lowest BCUT2D eigenvalue weighted by atomic mass is 9.86. The van der Waals surface area contributed by atoms with Crippen LogP contribution in [0.25, 0.3) is 0 Å². The van der Waals surface area contributed by atoms with E-state index in [1.807, 2.05) is 31.2 Å². The molecule has 1 atom stereocenters. The number of hydrogen-bond acceptors (Lipinski definition) is 2. The number of rotatable bonds is 9. The highest BCUT2D eigenvalue weighted by Gasteiger charge is 2.36. The molecule has 2 N–H and O–H groups in total. The van der Waals surface area contributed by atoms with Crippen molar-refractivity contribution >= 4 is 7.82 Å². The molecule has 0 fully saturated rings. The first-order valence-corrected chi connectivity index (χ1v) is 9.20. The zero-order chi connectivity index (χ0) is 15.9. The molecule has 1 aromatic carbocycles. The van der Waals surface area contributed by atoms with Gasteiger partial charge in [0.25, 0.3) is 0 Å². The first kappa shape index (κ1) is 18.4. The van der Waals surface area contributed by atoms with Crippen LogP contribution >= 0.6 is 7.82 Å². The lowest BCUT2D eigenvalue weighted by molar-refractivity contribution is 0.0361. The van der Waals surface area contributed by atoms with Crippen molar-refractivity contribution in [1.82, 2.24) is 0 Å². The van der Waals surface area contributed by atoms with Crippen LogP contribution in [0.5, 0.6) is 0 Å². The van der Waals surface area contributed by atoms with Crippen molar-refractivity contribution in [2.45, 2.75) is 64.9 Å². The van der Waals surface area contributed by atoms with E-state index in [-0.39, 0.29) is 0 Å². The van der Waals surface area contributed by atoms with Crippen LogP contribution in [-0.2, 0) is 21.1 Å². The van der Waals surface area contributed by atoms with Crippen molar-refractivity contribution in [3.63, 3.8) is 0 Å². The topological polar surface area (TPSA) is 66.8 Å². The van der Waals surface area contributed by atoms with E-state index in [4.69, 9.17) is 4.52 Å². The van der Waals surface area contributed by atoms with Crippen molar-refractivity contribution in [2.75, 3.05) is 0 Å². The quantitative estimate of drug-likeness (QED) is 0.518. The third kappa shape index (κ3) is 5.91. The minimum atomic E-state index is -4.54. The molecular formula is C16H27O4P. The first-order valence-electron chi connectivity index (χ1n) is 7.67. The van der Waals surface area contributed by atoms with Crippen LogP contribution < -0.4 is 0 Å². The Morgan fingerprint density at radius 1 is 1.14 bits per heavy atom. The second-order valence-corrected chi connectivity index (χ2v) is 6.80. The summed E-state index contributed by atoms with van der Waals surface area (Å²) < 4.78 is 16.6. The van der Waals surface area contributed by atoms with Crippen LogP contribution in [0.1, 0.15) is 64.0 Å². The Labute approximate surface area is 127 Å².